The first-order valence-electron chi connectivity index (χ1n) is 5.86. The molecule has 1 N–H and O–H groups in total. The van der Waals surface area contributed by atoms with Gasteiger partial charge in [-0.3, -0.25) is 9.69 Å². The monoisotopic (exact) mass is 229 g/mol. The standard InChI is InChI=1S/C12H23NO3/c1-12(2,3)16-11(15)8-13(4)7-10(14)9-5-6-9/h9-10,14H,5-8H2,1-4H3. The number of aliphatic hydroxyl groups is 1. The minimum atomic E-state index is -0.437. The fourth-order valence-corrected chi connectivity index (χ4v) is 1.61. The van der Waals surface area contributed by atoms with E-state index in [4.69, 9.17) is 4.74 Å². The Morgan fingerprint density at radius 2 is 2.06 bits per heavy atom. The number of nitrogens with zero attached hydrogens (tertiary/aromatic N) is 1. The van der Waals surface area contributed by atoms with E-state index in [2.05, 4.69) is 0 Å². The highest BCUT2D eigenvalue weighted by Gasteiger charge is 2.30. The van der Waals surface area contributed by atoms with Gasteiger partial charge in [-0.1, -0.05) is 0 Å². The second-order valence-corrected chi connectivity index (χ2v) is 5.69. The lowest BCUT2D eigenvalue weighted by Gasteiger charge is -2.23. The first kappa shape index (κ1) is 13.5. The Bertz CT molecular complexity index is 243. The molecule has 0 saturated heterocycles. The Morgan fingerprint density at radius 3 is 2.50 bits per heavy atom. The Balaban J connectivity index is 2.22. The molecule has 0 spiro atoms. The minimum Gasteiger partial charge on any atom is -0.459 e. The van der Waals surface area contributed by atoms with E-state index in [9.17, 15) is 9.90 Å². The van der Waals surface area contributed by atoms with Crippen molar-refractivity contribution in [1.82, 2.24) is 4.90 Å². The molecule has 1 aliphatic rings. The lowest BCUT2D eigenvalue weighted by molar-refractivity contribution is -0.156. The smallest absolute Gasteiger partial charge is 0.320 e. The molecular formula is C12H23NO3. The van der Waals surface area contributed by atoms with Gasteiger partial charge in [0.15, 0.2) is 0 Å². The molecular weight excluding hydrogens is 206 g/mol. The number of ether oxygens (including phenoxy) is 1. The number of likely N-dealkylation sites (N-methyl/N-ethyl adjacent to an activating group) is 1. The summed E-state index contributed by atoms with van der Waals surface area (Å²) < 4.78 is 5.20. The zero-order chi connectivity index (χ0) is 12.3. The summed E-state index contributed by atoms with van der Waals surface area (Å²) >= 11 is 0. The first-order chi connectivity index (χ1) is 7.28. The molecule has 1 atom stereocenters. The highest BCUT2D eigenvalue weighted by Crippen LogP contribution is 2.32. The van der Waals surface area contributed by atoms with E-state index in [0.717, 1.165) is 12.8 Å². The van der Waals surface area contributed by atoms with Gasteiger partial charge in [0.1, 0.15) is 5.60 Å². The molecule has 16 heavy (non-hydrogen) atoms. The zero-order valence-corrected chi connectivity index (χ0v) is 10.7. The van der Waals surface area contributed by atoms with E-state index >= 15 is 0 Å². The molecule has 0 aromatic carbocycles. The normalized spacial score (nSPS) is 18.6. The molecule has 0 bridgehead atoms. The van der Waals surface area contributed by atoms with Crippen LogP contribution in [0.2, 0.25) is 0 Å². The third-order valence-electron chi connectivity index (χ3n) is 2.48. The van der Waals surface area contributed by atoms with Crippen molar-refractivity contribution in [3.63, 3.8) is 0 Å². The van der Waals surface area contributed by atoms with Gasteiger partial charge in [-0.05, 0) is 46.6 Å². The number of hydrogen-bond donors (Lipinski definition) is 1. The minimum absolute atomic E-state index is 0.237. The van der Waals surface area contributed by atoms with Crippen molar-refractivity contribution >= 4 is 5.97 Å². The summed E-state index contributed by atoms with van der Waals surface area (Å²) in [5, 5.41) is 9.71. The molecule has 0 radical (unpaired) electrons. The van der Waals surface area contributed by atoms with Crippen molar-refractivity contribution in [2.24, 2.45) is 5.92 Å². The SMILES string of the molecule is CN(CC(=O)OC(C)(C)C)CC(O)C1CC1. The predicted molar refractivity (Wildman–Crippen MR) is 62.1 cm³/mol. The van der Waals surface area contributed by atoms with E-state index in [1.54, 1.807) is 0 Å². The molecule has 4 nitrogen and oxygen atoms in total. The summed E-state index contributed by atoms with van der Waals surface area (Å²) in [7, 11) is 1.83. The molecule has 0 amide bonds. The summed E-state index contributed by atoms with van der Waals surface area (Å²) in [5.74, 6) is 0.207. The number of rotatable bonds is 5. The van der Waals surface area contributed by atoms with Crippen LogP contribution < -0.4 is 0 Å². The largest absolute Gasteiger partial charge is 0.459 e. The van der Waals surface area contributed by atoms with Crippen LogP contribution in [-0.2, 0) is 9.53 Å². The highest BCUT2D eigenvalue weighted by molar-refractivity contribution is 5.72. The zero-order valence-electron chi connectivity index (χ0n) is 10.7. The van der Waals surface area contributed by atoms with Crippen LogP contribution in [0.15, 0.2) is 0 Å². The summed E-state index contributed by atoms with van der Waals surface area (Å²) in [6.07, 6.45) is 1.93. The number of hydrogen-bond acceptors (Lipinski definition) is 4. The van der Waals surface area contributed by atoms with Gasteiger partial charge in [0.25, 0.3) is 0 Å². The Morgan fingerprint density at radius 1 is 1.50 bits per heavy atom. The lowest BCUT2D eigenvalue weighted by atomic mass is 10.2. The third-order valence-corrected chi connectivity index (χ3v) is 2.48. The molecule has 0 aliphatic heterocycles. The van der Waals surface area contributed by atoms with Crippen LogP contribution in [0.1, 0.15) is 33.6 Å². The summed E-state index contributed by atoms with van der Waals surface area (Å²) in [6, 6.07) is 0. The van der Waals surface area contributed by atoms with Gasteiger partial charge in [-0.25, -0.2) is 0 Å². The van der Waals surface area contributed by atoms with Crippen molar-refractivity contribution in [2.75, 3.05) is 20.1 Å². The van der Waals surface area contributed by atoms with Crippen molar-refractivity contribution in [1.29, 1.82) is 0 Å². The highest BCUT2D eigenvalue weighted by atomic mass is 16.6. The van der Waals surface area contributed by atoms with Crippen molar-refractivity contribution in [2.45, 2.75) is 45.3 Å². The summed E-state index contributed by atoms with van der Waals surface area (Å²) in [4.78, 5) is 13.3. The van der Waals surface area contributed by atoms with Gasteiger partial charge in [0.05, 0.1) is 12.6 Å². The van der Waals surface area contributed by atoms with E-state index in [1.807, 2.05) is 32.7 Å². The fourth-order valence-electron chi connectivity index (χ4n) is 1.61. The molecule has 0 heterocycles. The Kier molecular flexibility index (Phi) is 4.33. The average molecular weight is 229 g/mol. The molecule has 1 rings (SSSR count). The molecule has 1 aliphatic carbocycles. The summed E-state index contributed by atoms with van der Waals surface area (Å²) in [5.41, 5.74) is -0.437. The molecule has 4 heteroatoms. The van der Waals surface area contributed by atoms with Crippen LogP contribution in [-0.4, -0.2) is 47.8 Å². The van der Waals surface area contributed by atoms with Crippen LogP contribution in [0.4, 0.5) is 0 Å². The third kappa shape index (κ3) is 5.47. The average Bonchev–Trinajstić information content (AvgIpc) is 2.79. The van der Waals surface area contributed by atoms with Crippen LogP contribution in [0.3, 0.4) is 0 Å². The Labute approximate surface area is 97.6 Å². The first-order valence-corrected chi connectivity index (χ1v) is 5.86. The second kappa shape index (κ2) is 5.15. The second-order valence-electron chi connectivity index (χ2n) is 5.69. The maximum Gasteiger partial charge on any atom is 0.320 e. The number of esters is 1. The van der Waals surface area contributed by atoms with Gasteiger partial charge in [-0.2, -0.15) is 0 Å². The quantitative estimate of drug-likeness (QED) is 0.715. The maximum absolute atomic E-state index is 11.5. The van der Waals surface area contributed by atoms with E-state index in [1.165, 1.54) is 0 Å². The number of carbonyl (C=O) groups is 1. The van der Waals surface area contributed by atoms with E-state index in [0.29, 0.717) is 12.5 Å². The Hall–Kier alpha value is -0.610. The van der Waals surface area contributed by atoms with Crippen LogP contribution >= 0.6 is 0 Å². The molecule has 0 aromatic heterocycles. The van der Waals surface area contributed by atoms with Crippen molar-refractivity contribution in [3.8, 4) is 0 Å². The molecule has 1 unspecified atom stereocenters. The van der Waals surface area contributed by atoms with E-state index < -0.39 is 5.60 Å². The van der Waals surface area contributed by atoms with Gasteiger partial charge < -0.3 is 9.84 Å². The molecule has 1 saturated carbocycles. The topological polar surface area (TPSA) is 49.8 Å². The number of carbonyl (C=O) groups excluding carboxylic acids is 1. The van der Waals surface area contributed by atoms with Gasteiger partial charge >= 0.3 is 5.97 Å². The van der Waals surface area contributed by atoms with Crippen molar-refractivity contribution in [3.05, 3.63) is 0 Å². The lowest BCUT2D eigenvalue weighted by Crippen LogP contribution is -2.37. The fraction of sp³-hybridized carbons (Fsp3) is 0.917. The maximum atomic E-state index is 11.5. The van der Waals surface area contributed by atoms with Crippen LogP contribution in [0.5, 0.6) is 0 Å². The van der Waals surface area contributed by atoms with Gasteiger partial charge in [-0.15, -0.1) is 0 Å². The molecule has 1 fully saturated rings. The molecule has 94 valence electrons. The van der Waals surface area contributed by atoms with E-state index in [-0.39, 0.29) is 18.6 Å². The number of aliphatic hydroxyl groups excluding tert-OH is 1. The van der Waals surface area contributed by atoms with Gasteiger partial charge in [0.2, 0.25) is 0 Å². The van der Waals surface area contributed by atoms with Crippen molar-refractivity contribution < 1.29 is 14.6 Å². The van der Waals surface area contributed by atoms with Crippen LogP contribution in [0.25, 0.3) is 0 Å². The molecule has 0 aromatic rings. The summed E-state index contributed by atoms with van der Waals surface area (Å²) in [6.45, 7) is 6.34. The van der Waals surface area contributed by atoms with Crippen LogP contribution in [0, 0.1) is 5.92 Å². The van der Waals surface area contributed by atoms with Gasteiger partial charge in [0, 0.05) is 6.54 Å². The predicted octanol–water partition coefficient (Wildman–Crippen LogP) is 1.03.